The van der Waals surface area contributed by atoms with Crippen molar-refractivity contribution in [1.29, 1.82) is 0 Å². The summed E-state index contributed by atoms with van der Waals surface area (Å²) in [5.41, 5.74) is 3.01. The number of nitrogens with one attached hydrogen (secondary N) is 1. The second-order valence-electron chi connectivity index (χ2n) is 5.98. The van der Waals surface area contributed by atoms with Crippen molar-refractivity contribution in [2.45, 2.75) is 6.54 Å². The third-order valence-electron chi connectivity index (χ3n) is 4.43. The lowest BCUT2D eigenvalue weighted by Gasteiger charge is -2.21. The molecule has 1 amide bonds. The van der Waals surface area contributed by atoms with Crippen molar-refractivity contribution >= 4 is 38.3 Å². The van der Waals surface area contributed by atoms with Crippen LogP contribution in [0.3, 0.4) is 0 Å². The minimum Gasteiger partial charge on any atom is -0.383 e. The molecule has 120 valence electrons. The minimum absolute atomic E-state index is 0.0847. The Labute approximate surface area is 149 Å². The summed E-state index contributed by atoms with van der Waals surface area (Å²) in [6.07, 6.45) is 0. The predicted molar refractivity (Wildman–Crippen MR) is 101 cm³/mol. The third kappa shape index (κ3) is 2.78. The lowest BCUT2D eigenvalue weighted by Crippen LogP contribution is -2.32. The van der Waals surface area contributed by atoms with Crippen LogP contribution < -0.4 is 5.32 Å². The maximum atomic E-state index is 13.1. The molecule has 4 heteroatoms. The summed E-state index contributed by atoms with van der Waals surface area (Å²) in [4.78, 5) is 15.1. The number of hydrogen-bond donors (Lipinski definition) is 1. The number of fused-ring (bicyclic) bond motifs is 2. The molecule has 0 radical (unpaired) electrons. The van der Waals surface area contributed by atoms with E-state index in [1.54, 1.807) is 0 Å². The van der Waals surface area contributed by atoms with Gasteiger partial charge in [-0.05, 0) is 40.6 Å². The monoisotopic (exact) mass is 380 g/mol. The molecule has 1 heterocycles. The van der Waals surface area contributed by atoms with E-state index in [0.717, 1.165) is 38.6 Å². The number of hydrogen-bond acceptors (Lipinski definition) is 2. The van der Waals surface area contributed by atoms with Crippen molar-refractivity contribution in [1.82, 2.24) is 4.90 Å². The van der Waals surface area contributed by atoms with Gasteiger partial charge in [0, 0.05) is 35.4 Å². The summed E-state index contributed by atoms with van der Waals surface area (Å²) in [6, 6.07) is 20.1. The van der Waals surface area contributed by atoms with E-state index in [1.165, 1.54) is 0 Å². The lowest BCUT2D eigenvalue weighted by molar-refractivity contribution is 0.0755. The fourth-order valence-corrected chi connectivity index (χ4v) is 3.64. The number of benzene rings is 3. The first-order valence-corrected chi connectivity index (χ1v) is 8.81. The molecule has 0 saturated heterocycles. The first-order valence-electron chi connectivity index (χ1n) is 8.02. The SMILES string of the molecule is O=C(c1cccc2ccccc12)N1CCNc2ccc(Br)cc2C1. The van der Waals surface area contributed by atoms with Crippen LogP contribution >= 0.6 is 15.9 Å². The van der Waals surface area contributed by atoms with Gasteiger partial charge in [-0.2, -0.15) is 0 Å². The number of anilines is 1. The molecule has 0 saturated carbocycles. The Morgan fingerprint density at radius 1 is 1.04 bits per heavy atom. The van der Waals surface area contributed by atoms with Gasteiger partial charge >= 0.3 is 0 Å². The summed E-state index contributed by atoms with van der Waals surface area (Å²) in [7, 11) is 0. The van der Waals surface area contributed by atoms with Crippen LogP contribution in [0.2, 0.25) is 0 Å². The van der Waals surface area contributed by atoms with Crippen LogP contribution in [0.5, 0.6) is 0 Å². The predicted octanol–water partition coefficient (Wildman–Crippen LogP) is 4.67. The van der Waals surface area contributed by atoms with Crippen molar-refractivity contribution in [2.24, 2.45) is 0 Å². The molecule has 0 atom stereocenters. The molecule has 1 aliphatic rings. The average molecular weight is 381 g/mol. The van der Waals surface area contributed by atoms with Gasteiger partial charge in [0.15, 0.2) is 0 Å². The molecule has 0 fully saturated rings. The van der Waals surface area contributed by atoms with Crippen LogP contribution in [0, 0.1) is 0 Å². The molecular formula is C20H17BrN2O. The Kier molecular flexibility index (Phi) is 3.98. The van der Waals surface area contributed by atoms with Gasteiger partial charge in [-0.25, -0.2) is 0 Å². The van der Waals surface area contributed by atoms with Crippen LogP contribution in [0.25, 0.3) is 10.8 Å². The Morgan fingerprint density at radius 2 is 1.88 bits per heavy atom. The van der Waals surface area contributed by atoms with Gasteiger partial charge in [0.25, 0.3) is 5.91 Å². The first-order chi connectivity index (χ1) is 11.7. The Hall–Kier alpha value is -2.33. The van der Waals surface area contributed by atoms with Crippen molar-refractivity contribution in [3.05, 3.63) is 76.3 Å². The number of carbonyl (C=O) groups is 1. The van der Waals surface area contributed by atoms with Gasteiger partial charge in [0.05, 0.1) is 0 Å². The number of amides is 1. The quantitative estimate of drug-likeness (QED) is 0.665. The molecule has 4 rings (SSSR count). The Balaban J connectivity index is 1.71. The first kappa shape index (κ1) is 15.2. The highest BCUT2D eigenvalue weighted by Crippen LogP contribution is 2.26. The maximum absolute atomic E-state index is 13.1. The fraction of sp³-hybridized carbons (Fsp3) is 0.150. The smallest absolute Gasteiger partial charge is 0.254 e. The van der Waals surface area contributed by atoms with Gasteiger partial charge in [-0.1, -0.05) is 52.3 Å². The van der Waals surface area contributed by atoms with E-state index in [-0.39, 0.29) is 5.91 Å². The number of halogens is 1. The molecule has 24 heavy (non-hydrogen) atoms. The molecular weight excluding hydrogens is 364 g/mol. The molecule has 0 bridgehead atoms. The number of rotatable bonds is 1. The number of carbonyl (C=O) groups excluding carboxylic acids is 1. The van der Waals surface area contributed by atoms with E-state index in [4.69, 9.17) is 0 Å². The average Bonchev–Trinajstić information content (AvgIpc) is 2.82. The van der Waals surface area contributed by atoms with Gasteiger partial charge in [0.1, 0.15) is 0 Å². The van der Waals surface area contributed by atoms with Gasteiger partial charge < -0.3 is 10.2 Å². The van der Waals surface area contributed by atoms with E-state index >= 15 is 0 Å². The molecule has 0 aliphatic carbocycles. The fourth-order valence-electron chi connectivity index (χ4n) is 3.23. The molecule has 0 unspecified atom stereocenters. The summed E-state index contributed by atoms with van der Waals surface area (Å²) in [5, 5.41) is 5.52. The van der Waals surface area contributed by atoms with Crippen LogP contribution in [-0.4, -0.2) is 23.9 Å². The van der Waals surface area contributed by atoms with Crippen LogP contribution in [0.15, 0.2) is 65.1 Å². The third-order valence-corrected chi connectivity index (χ3v) is 4.93. The molecule has 1 N–H and O–H groups in total. The lowest BCUT2D eigenvalue weighted by atomic mass is 10.0. The van der Waals surface area contributed by atoms with Crippen molar-refractivity contribution in [2.75, 3.05) is 18.4 Å². The second kappa shape index (κ2) is 6.29. The highest BCUT2D eigenvalue weighted by atomic mass is 79.9. The number of nitrogens with zero attached hydrogens (tertiary/aromatic N) is 1. The van der Waals surface area contributed by atoms with Crippen LogP contribution in [0.4, 0.5) is 5.69 Å². The molecule has 3 nitrogen and oxygen atoms in total. The summed E-state index contributed by atoms with van der Waals surface area (Å²) < 4.78 is 1.03. The van der Waals surface area contributed by atoms with Crippen LogP contribution in [-0.2, 0) is 6.54 Å². The van der Waals surface area contributed by atoms with Crippen molar-refractivity contribution in [3.8, 4) is 0 Å². The molecule has 0 aromatic heterocycles. The van der Waals surface area contributed by atoms with Gasteiger partial charge in [-0.15, -0.1) is 0 Å². The molecule has 1 aliphatic heterocycles. The zero-order chi connectivity index (χ0) is 16.5. The standard InChI is InChI=1S/C20H17BrN2O/c21-16-8-9-19-15(12-16)13-23(11-10-22-19)20(24)18-7-3-5-14-4-1-2-6-17(14)18/h1-9,12,22H,10-11,13H2. The zero-order valence-electron chi connectivity index (χ0n) is 13.1. The van der Waals surface area contributed by atoms with E-state index in [9.17, 15) is 4.79 Å². The zero-order valence-corrected chi connectivity index (χ0v) is 14.7. The molecule has 3 aromatic carbocycles. The van der Waals surface area contributed by atoms with Gasteiger partial charge in [0.2, 0.25) is 0 Å². The Morgan fingerprint density at radius 3 is 2.79 bits per heavy atom. The van der Waals surface area contributed by atoms with E-state index in [1.807, 2.05) is 53.4 Å². The van der Waals surface area contributed by atoms with Crippen LogP contribution in [0.1, 0.15) is 15.9 Å². The minimum atomic E-state index is 0.0847. The summed E-state index contributed by atoms with van der Waals surface area (Å²) in [6.45, 7) is 2.06. The highest BCUT2D eigenvalue weighted by Gasteiger charge is 2.21. The molecule has 0 spiro atoms. The second-order valence-corrected chi connectivity index (χ2v) is 6.90. The topological polar surface area (TPSA) is 32.3 Å². The van der Waals surface area contributed by atoms with Crippen molar-refractivity contribution in [3.63, 3.8) is 0 Å². The van der Waals surface area contributed by atoms with E-state index < -0.39 is 0 Å². The van der Waals surface area contributed by atoms with Gasteiger partial charge in [-0.3, -0.25) is 4.79 Å². The Bertz CT molecular complexity index is 917. The molecule has 3 aromatic rings. The highest BCUT2D eigenvalue weighted by molar-refractivity contribution is 9.10. The largest absolute Gasteiger partial charge is 0.383 e. The maximum Gasteiger partial charge on any atom is 0.254 e. The normalized spacial score (nSPS) is 14.0. The summed E-state index contributed by atoms with van der Waals surface area (Å²) >= 11 is 3.52. The van der Waals surface area contributed by atoms with E-state index in [2.05, 4.69) is 33.4 Å². The van der Waals surface area contributed by atoms with E-state index in [0.29, 0.717) is 13.1 Å². The summed E-state index contributed by atoms with van der Waals surface area (Å²) in [5.74, 6) is 0.0847. The van der Waals surface area contributed by atoms with Crippen molar-refractivity contribution < 1.29 is 4.79 Å².